The summed E-state index contributed by atoms with van der Waals surface area (Å²) in [6, 6.07) is 7.96. The molecule has 29 heavy (non-hydrogen) atoms. The number of hydrogen-bond donors (Lipinski definition) is 1. The molecule has 0 aliphatic carbocycles. The molecule has 0 radical (unpaired) electrons. The molecule has 8 heteroatoms. The number of hydrogen-bond acceptors (Lipinski definition) is 7. The number of anilines is 1. The van der Waals surface area contributed by atoms with E-state index < -0.39 is 0 Å². The minimum absolute atomic E-state index is 0.0812. The number of carbonyl (C=O) groups is 1. The zero-order chi connectivity index (χ0) is 20.2. The molecule has 1 saturated heterocycles. The predicted octanol–water partition coefficient (Wildman–Crippen LogP) is 2.72. The van der Waals surface area contributed by atoms with Crippen LogP contribution in [0.5, 0.6) is 0 Å². The molecule has 1 amide bonds. The van der Waals surface area contributed by atoms with E-state index in [1.54, 1.807) is 11.3 Å². The molecule has 0 atom stereocenters. The number of rotatable bonds is 6. The average molecular weight is 412 g/mol. The van der Waals surface area contributed by atoms with E-state index in [1.165, 1.54) is 0 Å². The highest BCUT2D eigenvalue weighted by atomic mass is 32.1. The van der Waals surface area contributed by atoms with Gasteiger partial charge in [-0.2, -0.15) is 0 Å². The van der Waals surface area contributed by atoms with Gasteiger partial charge in [0.2, 0.25) is 11.8 Å². The van der Waals surface area contributed by atoms with E-state index in [4.69, 9.17) is 4.42 Å². The fraction of sp³-hybridized carbons (Fsp3) is 0.381. The summed E-state index contributed by atoms with van der Waals surface area (Å²) in [6.45, 7) is 6.37. The minimum atomic E-state index is -0.0812. The molecule has 7 nitrogen and oxygen atoms in total. The molecule has 1 N–H and O–H groups in total. The first-order valence-corrected chi connectivity index (χ1v) is 10.6. The molecular formula is C21H25N5O2S. The van der Waals surface area contributed by atoms with Crippen molar-refractivity contribution in [1.82, 2.24) is 20.2 Å². The van der Waals surface area contributed by atoms with Crippen molar-refractivity contribution in [1.29, 1.82) is 0 Å². The van der Waals surface area contributed by atoms with Gasteiger partial charge in [-0.3, -0.25) is 4.79 Å². The molecule has 0 saturated carbocycles. The van der Waals surface area contributed by atoms with Crippen molar-refractivity contribution < 1.29 is 9.21 Å². The molecular weight excluding hydrogens is 386 g/mol. The number of piperazine rings is 1. The number of carbonyl (C=O) groups excluding carboxylic acids is 1. The van der Waals surface area contributed by atoms with Gasteiger partial charge in [-0.25, -0.2) is 9.97 Å². The summed E-state index contributed by atoms with van der Waals surface area (Å²) in [7, 11) is 2.14. The Hall–Kier alpha value is -2.71. The molecule has 0 unspecified atom stereocenters. The normalized spacial score (nSPS) is 14.9. The lowest BCUT2D eigenvalue weighted by atomic mass is 10.2. The van der Waals surface area contributed by atoms with Gasteiger partial charge in [0.1, 0.15) is 11.6 Å². The van der Waals surface area contributed by atoms with Gasteiger partial charge < -0.3 is 19.5 Å². The quantitative estimate of drug-likeness (QED) is 0.672. The predicted molar refractivity (Wildman–Crippen MR) is 114 cm³/mol. The van der Waals surface area contributed by atoms with Crippen molar-refractivity contribution in [2.45, 2.75) is 19.9 Å². The van der Waals surface area contributed by atoms with Crippen molar-refractivity contribution >= 4 is 23.1 Å². The summed E-state index contributed by atoms with van der Waals surface area (Å²) in [5.41, 5.74) is 1.65. The highest BCUT2D eigenvalue weighted by molar-refractivity contribution is 7.13. The molecule has 1 fully saturated rings. The highest BCUT2D eigenvalue weighted by Gasteiger charge is 2.16. The summed E-state index contributed by atoms with van der Waals surface area (Å²) < 4.78 is 5.70. The number of thiophene rings is 1. The third-order valence-electron chi connectivity index (χ3n) is 5.08. The van der Waals surface area contributed by atoms with E-state index in [0.717, 1.165) is 42.4 Å². The molecule has 0 spiro atoms. The Labute approximate surface area is 174 Å². The smallest absolute Gasteiger partial charge is 0.236 e. The number of nitrogens with one attached hydrogen (secondary N) is 1. The summed E-state index contributed by atoms with van der Waals surface area (Å²) in [6.07, 6.45) is 2.04. The fourth-order valence-corrected chi connectivity index (χ4v) is 3.91. The largest absolute Gasteiger partial charge is 0.440 e. The number of aryl methyl sites for hydroxylation is 1. The number of aromatic nitrogens is 2. The van der Waals surface area contributed by atoms with Crippen LogP contribution in [0.2, 0.25) is 0 Å². The SMILES string of the molecule is Cc1oc(-c2cccs2)nc1CC(=O)NCc1ccc(N2CCN(C)CC2)nc1. The van der Waals surface area contributed by atoms with Gasteiger partial charge in [-0.15, -0.1) is 11.3 Å². The zero-order valence-electron chi connectivity index (χ0n) is 16.7. The molecule has 4 heterocycles. The first kappa shape index (κ1) is 19.6. The van der Waals surface area contributed by atoms with Crippen molar-refractivity contribution in [3.63, 3.8) is 0 Å². The Bertz CT molecular complexity index is 944. The Morgan fingerprint density at radius 1 is 1.24 bits per heavy atom. The third kappa shape index (κ3) is 4.83. The van der Waals surface area contributed by atoms with Gasteiger partial charge in [0.05, 0.1) is 17.0 Å². The van der Waals surface area contributed by atoms with Crippen LogP contribution in [0.25, 0.3) is 10.8 Å². The zero-order valence-corrected chi connectivity index (χ0v) is 17.5. The average Bonchev–Trinajstić information content (AvgIpc) is 3.38. The Morgan fingerprint density at radius 2 is 2.07 bits per heavy atom. The maximum absolute atomic E-state index is 12.4. The molecule has 152 valence electrons. The molecule has 3 aromatic rings. The van der Waals surface area contributed by atoms with Crippen molar-refractivity contribution in [2.75, 3.05) is 38.1 Å². The summed E-state index contributed by atoms with van der Waals surface area (Å²) in [5, 5.41) is 4.92. The van der Waals surface area contributed by atoms with E-state index in [-0.39, 0.29) is 12.3 Å². The second kappa shape index (κ2) is 8.75. The topological polar surface area (TPSA) is 74.5 Å². The van der Waals surface area contributed by atoms with Gasteiger partial charge >= 0.3 is 0 Å². The van der Waals surface area contributed by atoms with E-state index in [1.807, 2.05) is 42.8 Å². The van der Waals surface area contributed by atoms with Crippen molar-refractivity contribution in [3.8, 4) is 10.8 Å². The van der Waals surface area contributed by atoms with Crippen LogP contribution in [-0.4, -0.2) is 54.0 Å². The monoisotopic (exact) mass is 411 g/mol. The molecule has 0 bridgehead atoms. The molecule has 4 rings (SSSR count). The van der Waals surface area contributed by atoms with Gasteiger partial charge in [-0.05, 0) is 37.0 Å². The number of nitrogens with zero attached hydrogens (tertiary/aromatic N) is 4. The standard InChI is InChI=1S/C21H25N5O2S/c1-15-17(24-21(28-15)18-4-3-11-29-18)12-20(27)23-14-16-5-6-19(22-13-16)26-9-7-25(2)8-10-26/h3-6,11,13H,7-10,12,14H2,1-2H3,(H,23,27). The second-order valence-corrected chi connectivity index (χ2v) is 8.22. The summed E-state index contributed by atoms with van der Waals surface area (Å²) >= 11 is 1.57. The van der Waals surface area contributed by atoms with E-state index in [0.29, 0.717) is 23.9 Å². The van der Waals surface area contributed by atoms with Crippen LogP contribution in [0.15, 0.2) is 40.3 Å². The van der Waals surface area contributed by atoms with Crippen LogP contribution in [0.3, 0.4) is 0 Å². The maximum atomic E-state index is 12.4. The van der Waals surface area contributed by atoms with Gasteiger partial charge in [-0.1, -0.05) is 12.1 Å². The lowest BCUT2D eigenvalue weighted by Crippen LogP contribution is -2.44. The van der Waals surface area contributed by atoms with Crippen molar-refractivity contribution in [2.24, 2.45) is 0 Å². The van der Waals surface area contributed by atoms with Crippen LogP contribution in [-0.2, 0) is 17.8 Å². The fourth-order valence-electron chi connectivity index (χ4n) is 3.26. The Morgan fingerprint density at radius 3 is 2.76 bits per heavy atom. The van der Waals surface area contributed by atoms with Crippen LogP contribution in [0.1, 0.15) is 17.0 Å². The lowest BCUT2D eigenvalue weighted by Gasteiger charge is -2.33. The molecule has 0 aromatic carbocycles. The second-order valence-electron chi connectivity index (χ2n) is 7.27. The summed E-state index contributed by atoms with van der Waals surface area (Å²) in [5.74, 6) is 2.17. The first-order valence-electron chi connectivity index (χ1n) is 9.74. The number of amides is 1. The van der Waals surface area contributed by atoms with Crippen LogP contribution >= 0.6 is 11.3 Å². The van der Waals surface area contributed by atoms with Crippen LogP contribution in [0, 0.1) is 6.92 Å². The van der Waals surface area contributed by atoms with Gasteiger partial charge in [0, 0.05) is 38.9 Å². The molecule has 1 aliphatic heterocycles. The number of oxazole rings is 1. The lowest BCUT2D eigenvalue weighted by molar-refractivity contribution is -0.120. The van der Waals surface area contributed by atoms with Gasteiger partial charge in [0.25, 0.3) is 0 Å². The van der Waals surface area contributed by atoms with Crippen LogP contribution in [0.4, 0.5) is 5.82 Å². The van der Waals surface area contributed by atoms with E-state index in [2.05, 4.69) is 32.1 Å². The van der Waals surface area contributed by atoms with E-state index >= 15 is 0 Å². The molecule has 1 aliphatic rings. The van der Waals surface area contributed by atoms with Crippen molar-refractivity contribution in [3.05, 3.63) is 52.9 Å². The maximum Gasteiger partial charge on any atom is 0.236 e. The Kier molecular flexibility index (Phi) is 5.92. The highest BCUT2D eigenvalue weighted by Crippen LogP contribution is 2.26. The Balaban J connectivity index is 1.30. The number of pyridine rings is 1. The third-order valence-corrected chi connectivity index (χ3v) is 5.94. The minimum Gasteiger partial charge on any atom is -0.440 e. The number of likely N-dealkylation sites (N-methyl/N-ethyl adjacent to an activating group) is 1. The molecule has 3 aromatic heterocycles. The van der Waals surface area contributed by atoms with E-state index in [9.17, 15) is 4.79 Å². The van der Waals surface area contributed by atoms with Crippen LogP contribution < -0.4 is 10.2 Å². The first-order chi connectivity index (χ1) is 14.1. The van der Waals surface area contributed by atoms with Gasteiger partial charge in [0.15, 0.2) is 0 Å². The summed E-state index contributed by atoms with van der Waals surface area (Å²) in [4.78, 5) is 27.0.